The first-order valence-corrected chi connectivity index (χ1v) is 11.7. The maximum Gasteiger partial charge on any atom is 0.254 e. The fourth-order valence-electron chi connectivity index (χ4n) is 4.03. The maximum atomic E-state index is 13.2. The first-order chi connectivity index (χ1) is 13.1. The van der Waals surface area contributed by atoms with Crippen LogP contribution in [0.5, 0.6) is 0 Å². The van der Waals surface area contributed by atoms with Crippen LogP contribution in [0.2, 0.25) is 0 Å². The Bertz CT molecular complexity index is 694. The van der Waals surface area contributed by atoms with Crippen LogP contribution in [0.4, 0.5) is 0 Å². The molecule has 1 heterocycles. The van der Waals surface area contributed by atoms with Crippen molar-refractivity contribution in [2.75, 3.05) is 38.5 Å². The van der Waals surface area contributed by atoms with Gasteiger partial charge >= 0.3 is 0 Å². The molecular formula is C20H31N3O3S. The van der Waals surface area contributed by atoms with Crippen molar-refractivity contribution in [2.24, 2.45) is 0 Å². The van der Waals surface area contributed by atoms with Gasteiger partial charge in [0.05, 0.1) is 5.75 Å². The van der Waals surface area contributed by atoms with Gasteiger partial charge in [-0.25, -0.2) is 8.42 Å². The van der Waals surface area contributed by atoms with E-state index in [4.69, 9.17) is 0 Å². The molecule has 1 saturated heterocycles. The summed E-state index contributed by atoms with van der Waals surface area (Å²) >= 11 is 0. The molecule has 3 rings (SSSR count). The van der Waals surface area contributed by atoms with E-state index in [0.717, 1.165) is 25.7 Å². The van der Waals surface area contributed by atoms with Crippen LogP contribution in [0.15, 0.2) is 30.3 Å². The van der Waals surface area contributed by atoms with Gasteiger partial charge in [0.2, 0.25) is 10.0 Å². The zero-order chi connectivity index (χ0) is 19.1. The number of nitrogens with one attached hydrogen (secondary N) is 1. The lowest BCUT2D eigenvalue weighted by Crippen LogP contribution is -2.49. The van der Waals surface area contributed by atoms with Gasteiger partial charge in [0.1, 0.15) is 0 Å². The van der Waals surface area contributed by atoms with Gasteiger partial charge in [0, 0.05) is 44.3 Å². The van der Waals surface area contributed by atoms with Crippen LogP contribution in [0.3, 0.4) is 0 Å². The van der Waals surface area contributed by atoms with E-state index < -0.39 is 10.0 Å². The van der Waals surface area contributed by atoms with Crippen LogP contribution in [-0.4, -0.2) is 68.0 Å². The Morgan fingerprint density at radius 1 is 1.04 bits per heavy atom. The third-order valence-electron chi connectivity index (χ3n) is 5.61. The minimum atomic E-state index is -3.34. The molecule has 1 aliphatic carbocycles. The number of benzene rings is 1. The molecule has 1 N–H and O–H groups in total. The van der Waals surface area contributed by atoms with E-state index >= 15 is 0 Å². The zero-order valence-corrected chi connectivity index (χ0v) is 16.8. The Morgan fingerprint density at radius 2 is 1.67 bits per heavy atom. The van der Waals surface area contributed by atoms with E-state index in [1.807, 2.05) is 35.2 Å². The predicted octanol–water partition coefficient (Wildman–Crippen LogP) is 2.09. The Hall–Kier alpha value is -1.44. The monoisotopic (exact) mass is 393 g/mol. The molecule has 2 fully saturated rings. The van der Waals surface area contributed by atoms with Gasteiger partial charge in [-0.1, -0.05) is 43.9 Å². The van der Waals surface area contributed by atoms with Crippen LogP contribution >= 0.6 is 0 Å². The predicted molar refractivity (Wildman–Crippen MR) is 107 cm³/mol. The fraction of sp³-hybridized carbons (Fsp3) is 0.650. The molecule has 150 valence electrons. The Kier molecular flexibility index (Phi) is 7.26. The number of piperazine rings is 1. The number of rotatable bonds is 6. The van der Waals surface area contributed by atoms with Crippen LogP contribution in [0.1, 0.15) is 48.9 Å². The van der Waals surface area contributed by atoms with E-state index in [-0.39, 0.29) is 24.2 Å². The standard InChI is InChI=1S/C20H31N3O3S/c24-20(18-8-4-3-5-9-18)23(19-10-6-1-2-7-11-19)16-17-27(25,26)22-14-12-21-13-15-22/h3-5,8-9,19,21H,1-2,6-7,10-17H2. The van der Waals surface area contributed by atoms with Gasteiger partial charge in [0.25, 0.3) is 5.91 Å². The highest BCUT2D eigenvalue weighted by atomic mass is 32.2. The molecule has 27 heavy (non-hydrogen) atoms. The minimum absolute atomic E-state index is 0.00206. The van der Waals surface area contributed by atoms with E-state index in [1.165, 1.54) is 12.8 Å². The molecule has 2 aliphatic rings. The molecular weight excluding hydrogens is 362 g/mol. The third-order valence-corrected chi connectivity index (χ3v) is 7.46. The summed E-state index contributed by atoms with van der Waals surface area (Å²) in [5, 5.41) is 3.18. The van der Waals surface area contributed by atoms with Crippen LogP contribution in [0.25, 0.3) is 0 Å². The number of hydrogen-bond acceptors (Lipinski definition) is 4. The van der Waals surface area contributed by atoms with Gasteiger partial charge in [-0.15, -0.1) is 0 Å². The van der Waals surface area contributed by atoms with Crippen molar-refractivity contribution in [3.63, 3.8) is 0 Å². The van der Waals surface area contributed by atoms with E-state index in [0.29, 0.717) is 31.7 Å². The largest absolute Gasteiger partial charge is 0.335 e. The number of amides is 1. The average molecular weight is 394 g/mol. The Morgan fingerprint density at radius 3 is 2.30 bits per heavy atom. The number of hydrogen-bond donors (Lipinski definition) is 1. The Labute approximate surface area is 163 Å². The van der Waals surface area contributed by atoms with Crippen molar-refractivity contribution in [1.29, 1.82) is 0 Å². The summed E-state index contributed by atoms with van der Waals surface area (Å²) in [6.07, 6.45) is 6.53. The summed E-state index contributed by atoms with van der Waals surface area (Å²) in [4.78, 5) is 15.0. The number of carbonyl (C=O) groups is 1. The lowest BCUT2D eigenvalue weighted by molar-refractivity contribution is 0.0674. The normalized spacial score (nSPS) is 20.1. The maximum absolute atomic E-state index is 13.2. The third kappa shape index (κ3) is 5.53. The minimum Gasteiger partial charge on any atom is -0.335 e. The number of sulfonamides is 1. The second kappa shape index (κ2) is 9.66. The summed E-state index contributed by atoms with van der Waals surface area (Å²) in [6, 6.07) is 9.37. The van der Waals surface area contributed by atoms with Gasteiger partial charge in [-0.3, -0.25) is 4.79 Å². The first kappa shape index (κ1) is 20.3. The highest BCUT2D eigenvalue weighted by Gasteiger charge is 2.29. The second-order valence-electron chi connectivity index (χ2n) is 7.48. The summed E-state index contributed by atoms with van der Waals surface area (Å²) < 4.78 is 27.1. The molecule has 0 radical (unpaired) electrons. The molecule has 1 aromatic carbocycles. The average Bonchev–Trinajstić information content (AvgIpc) is 2.99. The van der Waals surface area contributed by atoms with Crippen LogP contribution in [-0.2, 0) is 10.0 Å². The highest BCUT2D eigenvalue weighted by Crippen LogP contribution is 2.24. The quantitative estimate of drug-likeness (QED) is 0.752. The van der Waals surface area contributed by atoms with E-state index in [1.54, 1.807) is 4.31 Å². The highest BCUT2D eigenvalue weighted by molar-refractivity contribution is 7.89. The molecule has 0 bridgehead atoms. The lowest BCUT2D eigenvalue weighted by atomic mass is 10.1. The summed E-state index contributed by atoms with van der Waals surface area (Å²) in [5.74, 6) is -0.0415. The molecule has 0 unspecified atom stereocenters. The van der Waals surface area contributed by atoms with Crippen LogP contribution in [0, 0.1) is 0 Å². The molecule has 1 amide bonds. The molecule has 1 saturated carbocycles. The van der Waals surface area contributed by atoms with Gasteiger partial charge < -0.3 is 10.2 Å². The van der Waals surface area contributed by atoms with E-state index in [2.05, 4.69) is 5.32 Å². The second-order valence-corrected chi connectivity index (χ2v) is 9.56. The summed E-state index contributed by atoms with van der Waals surface area (Å²) in [6.45, 7) is 2.67. The number of carbonyl (C=O) groups excluding carboxylic acids is 1. The molecule has 0 spiro atoms. The Balaban J connectivity index is 1.73. The van der Waals surface area contributed by atoms with Crippen molar-refractivity contribution in [1.82, 2.24) is 14.5 Å². The van der Waals surface area contributed by atoms with Crippen molar-refractivity contribution < 1.29 is 13.2 Å². The van der Waals surface area contributed by atoms with Crippen molar-refractivity contribution in [3.8, 4) is 0 Å². The topological polar surface area (TPSA) is 69.7 Å². The van der Waals surface area contributed by atoms with Gasteiger partial charge in [-0.2, -0.15) is 4.31 Å². The van der Waals surface area contributed by atoms with Crippen LogP contribution < -0.4 is 5.32 Å². The zero-order valence-electron chi connectivity index (χ0n) is 16.0. The van der Waals surface area contributed by atoms with Crippen molar-refractivity contribution in [2.45, 2.75) is 44.6 Å². The van der Waals surface area contributed by atoms with Gasteiger partial charge in [-0.05, 0) is 25.0 Å². The summed E-state index contributed by atoms with van der Waals surface area (Å²) in [5.41, 5.74) is 0.640. The molecule has 0 atom stereocenters. The molecule has 1 aliphatic heterocycles. The molecule has 7 heteroatoms. The molecule has 1 aromatic rings. The first-order valence-electron chi connectivity index (χ1n) is 10.1. The van der Waals surface area contributed by atoms with Gasteiger partial charge in [0.15, 0.2) is 0 Å². The lowest BCUT2D eigenvalue weighted by Gasteiger charge is -2.33. The molecule has 6 nitrogen and oxygen atoms in total. The smallest absolute Gasteiger partial charge is 0.254 e. The fourth-order valence-corrected chi connectivity index (χ4v) is 5.46. The van der Waals surface area contributed by atoms with E-state index in [9.17, 15) is 13.2 Å². The number of nitrogens with zero attached hydrogens (tertiary/aromatic N) is 2. The van der Waals surface area contributed by atoms with Crippen molar-refractivity contribution >= 4 is 15.9 Å². The summed E-state index contributed by atoms with van der Waals surface area (Å²) in [7, 11) is -3.34. The van der Waals surface area contributed by atoms with Crippen molar-refractivity contribution in [3.05, 3.63) is 35.9 Å². The SMILES string of the molecule is O=C(c1ccccc1)N(CCS(=O)(=O)N1CCNCC1)C1CCCCCC1. The molecule has 0 aromatic heterocycles.